The van der Waals surface area contributed by atoms with Gasteiger partial charge in [0, 0.05) is 12.8 Å². The molecule has 0 rings (SSSR count). The molecule has 0 aromatic rings. The van der Waals surface area contributed by atoms with E-state index in [2.05, 4.69) is 54.8 Å². The van der Waals surface area contributed by atoms with Gasteiger partial charge in [0.05, 0.1) is 6.61 Å². The van der Waals surface area contributed by atoms with Gasteiger partial charge in [-0.3, -0.25) is 14.1 Å². The van der Waals surface area contributed by atoms with Gasteiger partial charge in [-0.25, -0.2) is 4.57 Å². The Labute approximate surface area is 300 Å². The second-order valence-electron chi connectivity index (χ2n) is 13.2. The summed E-state index contributed by atoms with van der Waals surface area (Å²) in [6.07, 6.45) is 41.4. The topological polar surface area (TPSA) is 119 Å². The van der Waals surface area contributed by atoms with Crippen molar-refractivity contribution >= 4 is 19.8 Å². The molecule has 49 heavy (non-hydrogen) atoms. The monoisotopic (exact) mass is 713 g/mol. The molecule has 1 atom stereocenters. The first-order valence-electron chi connectivity index (χ1n) is 19.8. The van der Waals surface area contributed by atoms with Crippen LogP contribution >= 0.6 is 7.82 Å². The number of unbranched alkanes of at least 4 members (excludes halogenated alkanes) is 20. The molecule has 1 unspecified atom stereocenters. The zero-order valence-electron chi connectivity index (χ0n) is 31.3. The highest BCUT2D eigenvalue weighted by molar-refractivity contribution is 7.46. The second-order valence-corrected chi connectivity index (χ2v) is 14.5. The molecule has 0 aromatic heterocycles. The summed E-state index contributed by atoms with van der Waals surface area (Å²) in [4.78, 5) is 42.7. The van der Waals surface area contributed by atoms with Crippen molar-refractivity contribution in [1.82, 2.24) is 0 Å². The maximum absolute atomic E-state index is 12.4. The molecular weight excluding hydrogens is 639 g/mol. The standard InChI is InChI=1S/C40H73O8P/c1-3-5-7-9-11-13-15-17-19-20-21-23-25-27-29-31-33-35-40(42)48-38(37-47-49(43,44)45)36-46-39(41)34-32-30-28-26-24-22-18-16-14-12-10-8-6-4-2/h11,13,16-19,38H,3-10,12,14-15,20-37H2,1-2H3,(H2,43,44,45)/b13-11-,18-16-,19-17-. The molecule has 0 saturated heterocycles. The minimum atomic E-state index is -4.75. The number of phosphoric ester groups is 1. The fourth-order valence-corrected chi connectivity index (χ4v) is 5.76. The largest absolute Gasteiger partial charge is 0.469 e. The molecule has 0 bridgehead atoms. The van der Waals surface area contributed by atoms with Gasteiger partial charge in [-0.1, -0.05) is 140 Å². The predicted octanol–water partition coefficient (Wildman–Crippen LogP) is 11.8. The van der Waals surface area contributed by atoms with Crippen LogP contribution < -0.4 is 0 Å². The lowest BCUT2D eigenvalue weighted by molar-refractivity contribution is -0.161. The molecule has 8 nitrogen and oxygen atoms in total. The van der Waals surface area contributed by atoms with E-state index in [1.54, 1.807) is 0 Å². The third-order valence-electron chi connectivity index (χ3n) is 8.38. The zero-order chi connectivity index (χ0) is 36.1. The number of allylic oxidation sites excluding steroid dienone is 6. The van der Waals surface area contributed by atoms with Crippen molar-refractivity contribution in [3.8, 4) is 0 Å². The van der Waals surface area contributed by atoms with Crippen molar-refractivity contribution in [2.24, 2.45) is 0 Å². The van der Waals surface area contributed by atoms with E-state index in [-0.39, 0.29) is 19.4 Å². The minimum absolute atomic E-state index is 0.201. The van der Waals surface area contributed by atoms with Gasteiger partial charge in [-0.2, -0.15) is 0 Å². The van der Waals surface area contributed by atoms with E-state index in [0.717, 1.165) is 64.2 Å². The van der Waals surface area contributed by atoms with E-state index in [1.807, 2.05) is 0 Å². The summed E-state index contributed by atoms with van der Waals surface area (Å²) in [5, 5.41) is 0. The average molecular weight is 713 g/mol. The Morgan fingerprint density at radius 2 is 0.918 bits per heavy atom. The summed E-state index contributed by atoms with van der Waals surface area (Å²) in [5.74, 6) is -0.903. The quantitative estimate of drug-likeness (QED) is 0.0285. The lowest BCUT2D eigenvalue weighted by Gasteiger charge is -2.18. The minimum Gasteiger partial charge on any atom is -0.462 e. The summed E-state index contributed by atoms with van der Waals surface area (Å²) in [6.45, 7) is 3.63. The molecule has 0 aromatic carbocycles. The van der Waals surface area contributed by atoms with Crippen LogP contribution in [0.5, 0.6) is 0 Å². The summed E-state index contributed by atoms with van der Waals surface area (Å²) in [7, 11) is -4.75. The molecule has 0 aliphatic rings. The number of esters is 2. The molecule has 0 amide bonds. The number of ether oxygens (including phenoxy) is 2. The normalized spacial score (nSPS) is 12.8. The lowest BCUT2D eigenvalue weighted by Crippen LogP contribution is -2.29. The Bertz CT molecular complexity index is 895. The van der Waals surface area contributed by atoms with Gasteiger partial charge >= 0.3 is 19.8 Å². The summed E-state index contributed by atoms with van der Waals surface area (Å²) < 4.78 is 26.3. The van der Waals surface area contributed by atoms with Crippen LogP contribution in [0.25, 0.3) is 0 Å². The molecule has 0 radical (unpaired) electrons. The molecule has 2 N–H and O–H groups in total. The van der Waals surface area contributed by atoms with Crippen molar-refractivity contribution in [3.63, 3.8) is 0 Å². The van der Waals surface area contributed by atoms with Gasteiger partial charge in [-0.15, -0.1) is 0 Å². The van der Waals surface area contributed by atoms with E-state index < -0.39 is 32.5 Å². The third kappa shape index (κ3) is 38.9. The van der Waals surface area contributed by atoms with E-state index >= 15 is 0 Å². The Hall–Kier alpha value is -1.73. The van der Waals surface area contributed by atoms with Crippen LogP contribution in [0.1, 0.15) is 187 Å². The van der Waals surface area contributed by atoms with E-state index in [9.17, 15) is 14.2 Å². The highest BCUT2D eigenvalue weighted by atomic mass is 31.2. The highest BCUT2D eigenvalue weighted by Crippen LogP contribution is 2.36. The number of carbonyl (C=O) groups excluding carboxylic acids is 2. The van der Waals surface area contributed by atoms with Crippen LogP contribution in [-0.4, -0.2) is 41.0 Å². The first kappa shape index (κ1) is 47.3. The molecule has 286 valence electrons. The molecule has 0 spiro atoms. The fraction of sp³-hybridized carbons (Fsp3) is 0.800. The maximum atomic E-state index is 12.4. The van der Waals surface area contributed by atoms with Crippen molar-refractivity contribution in [2.75, 3.05) is 13.2 Å². The van der Waals surface area contributed by atoms with Gasteiger partial charge < -0.3 is 19.3 Å². The van der Waals surface area contributed by atoms with Gasteiger partial charge in [-0.05, 0) is 70.6 Å². The van der Waals surface area contributed by atoms with Crippen LogP contribution in [0.2, 0.25) is 0 Å². The first-order valence-corrected chi connectivity index (χ1v) is 21.3. The molecule has 0 heterocycles. The molecule has 0 aliphatic heterocycles. The van der Waals surface area contributed by atoms with E-state index in [1.165, 1.54) is 83.5 Å². The van der Waals surface area contributed by atoms with Crippen LogP contribution in [0.3, 0.4) is 0 Å². The van der Waals surface area contributed by atoms with Crippen molar-refractivity contribution in [1.29, 1.82) is 0 Å². The van der Waals surface area contributed by atoms with Gasteiger partial charge in [0.25, 0.3) is 0 Å². The maximum Gasteiger partial charge on any atom is 0.469 e. The van der Waals surface area contributed by atoms with Crippen molar-refractivity contribution in [2.45, 2.75) is 193 Å². The molecule has 0 aliphatic carbocycles. The average Bonchev–Trinajstić information content (AvgIpc) is 3.07. The summed E-state index contributed by atoms with van der Waals surface area (Å²) in [6, 6.07) is 0. The summed E-state index contributed by atoms with van der Waals surface area (Å²) in [5.41, 5.74) is 0. The summed E-state index contributed by atoms with van der Waals surface area (Å²) >= 11 is 0. The van der Waals surface area contributed by atoms with Crippen molar-refractivity contribution in [3.05, 3.63) is 36.5 Å². The smallest absolute Gasteiger partial charge is 0.462 e. The van der Waals surface area contributed by atoms with Crippen molar-refractivity contribution < 1.29 is 37.9 Å². The molecule has 0 saturated carbocycles. The molecule has 9 heteroatoms. The second kappa shape index (κ2) is 36.1. The SMILES string of the molecule is CCCCC/C=C\C/C=C\CCCCCCCCCC(=O)OC(COC(=O)CCCCCCC/C=C\CCCCCCC)COP(=O)(O)O. The van der Waals surface area contributed by atoms with E-state index in [0.29, 0.717) is 12.8 Å². The number of carbonyl (C=O) groups is 2. The van der Waals surface area contributed by atoms with Gasteiger partial charge in [0.2, 0.25) is 0 Å². The van der Waals surface area contributed by atoms with Crippen LogP contribution in [0.15, 0.2) is 36.5 Å². The van der Waals surface area contributed by atoms with Crippen LogP contribution in [0, 0.1) is 0 Å². The van der Waals surface area contributed by atoms with E-state index in [4.69, 9.17) is 19.3 Å². The Balaban J connectivity index is 3.97. The number of rotatable bonds is 36. The van der Waals surface area contributed by atoms with Gasteiger partial charge in [0.1, 0.15) is 6.61 Å². The number of hydrogen-bond donors (Lipinski definition) is 2. The molecule has 0 fully saturated rings. The third-order valence-corrected chi connectivity index (χ3v) is 8.87. The number of hydrogen-bond acceptors (Lipinski definition) is 6. The lowest BCUT2D eigenvalue weighted by atomic mass is 10.1. The van der Waals surface area contributed by atoms with Crippen LogP contribution in [-0.2, 0) is 28.2 Å². The predicted molar refractivity (Wildman–Crippen MR) is 202 cm³/mol. The Morgan fingerprint density at radius 3 is 1.41 bits per heavy atom. The number of phosphoric acid groups is 1. The Kier molecular flexibility index (Phi) is 34.8. The first-order chi connectivity index (χ1) is 23.8. The zero-order valence-corrected chi connectivity index (χ0v) is 32.2. The fourth-order valence-electron chi connectivity index (χ4n) is 5.40. The van der Waals surface area contributed by atoms with Crippen LogP contribution in [0.4, 0.5) is 0 Å². The van der Waals surface area contributed by atoms with Gasteiger partial charge in [0.15, 0.2) is 6.10 Å². The highest BCUT2D eigenvalue weighted by Gasteiger charge is 2.22. The molecular formula is C40H73O8P. The Morgan fingerprint density at radius 1 is 0.531 bits per heavy atom.